The van der Waals surface area contributed by atoms with Crippen molar-refractivity contribution in [1.82, 2.24) is 20.0 Å². The van der Waals surface area contributed by atoms with Crippen LogP contribution in [0, 0.1) is 5.82 Å². The maximum absolute atomic E-state index is 13.6. The van der Waals surface area contributed by atoms with E-state index in [1.807, 2.05) is 11.8 Å². The molecule has 1 fully saturated rings. The fraction of sp³-hybridized carbons (Fsp3) is 0.393. The van der Waals surface area contributed by atoms with Crippen molar-refractivity contribution in [3.05, 3.63) is 76.7 Å². The van der Waals surface area contributed by atoms with Gasteiger partial charge in [-0.05, 0) is 55.8 Å². The number of ether oxygens (including phenoxy) is 2. The Labute approximate surface area is 221 Å². The van der Waals surface area contributed by atoms with E-state index in [0.717, 1.165) is 0 Å². The molecule has 4 rings (SSSR count). The van der Waals surface area contributed by atoms with Crippen LogP contribution in [0.15, 0.2) is 59.8 Å². The summed E-state index contributed by atoms with van der Waals surface area (Å²) in [5, 5.41) is 2.84. The van der Waals surface area contributed by atoms with Gasteiger partial charge in [-0.25, -0.2) is 14.0 Å². The summed E-state index contributed by atoms with van der Waals surface area (Å²) in [6.45, 7) is 5.78. The van der Waals surface area contributed by atoms with Crippen LogP contribution in [-0.2, 0) is 9.53 Å². The molecule has 0 radical (unpaired) electrons. The number of halogens is 1. The average molecular weight is 525 g/mol. The van der Waals surface area contributed by atoms with Gasteiger partial charge in [-0.2, -0.15) is 0 Å². The molecule has 2 atom stereocenters. The lowest BCUT2D eigenvalue weighted by Crippen LogP contribution is -2.56. The van der Waals surface area contributed by atoms with Crippen LogP contribution in [0.25, 0.3) is 0 Å². The molecule has 0 saturated carbocycles. The maximum Gasteiger partial charge on any atom is 0.338 e. The lowest BCUT2D eigenvalue weighted by molar-refractivity contribution is -0.139. The SMILES string of the molecule is CCOC(=O)C1=C(CN2CCN(C(=O)c3ccc(OC)cc3)[C@H](C)C2)N(C)C(=O)N[C@H]1c1ccc(F)cc1. The third-order valence-electron chi connectivity index (χ3n) is 6.96. The van der Waals surface area contributed by atoms with E-state index in [2.05, 4.69) is 10.2 Å². The molecule has 2 heterocycles. The molecule has 3 amide bonds. The quantitative estimate of drug-likeness (QED) is 0.560. The van der Waals surface area contributed by atoms with Gasteiger partial charge in [-0.3, -0.25) is 14.6 Å². The van der Waals surface area contributed by atoms with Crippen LogP contribution in [0.2, 0.25) is 0 Å². The highest BCUT2D eigenvalue weighted by molar-refractivity contribution is 5.95. The third-order valence-corrected chi connectivity index (χ3v) is 6.96. The highest BCUT2D eigenvalue weighted by Crippen LogP contribution is 2.32. The molecule has 1 saturated heterocycles. The molecule has 0 bridgehead atoms. The number of esters is 1. The second kappa shape index (κ2) is 11.6. The van der Waals surface area contributed by atoms with E-state index in [1.54, 1.807) is 57.5 Å². The van der Waals surface area contributed by atoms with Crippen molar-refractivity contribution in [2.75, 3.05) is 46.9 Å². The summed E-state index contributed by atoms with van der Waals surface area (Å²) in [4.78, 5) is 44.6. The molecule has 2 aliphatic heterocycles. The maximum atomic E-state index is 13.6. The Balaban J connectivity index is 1.57. The summed E-state index contributed by atoms with van der Waals surface area (Å²) in [7, 11) is 3.19. The number of benzene rings is 2. The van der Waals surface area contributed by atoms with Crippen molar-refractivity contribution in [2.24, 2.45) is 0 Å². The fourth-order valence-electron chi connectivity index (χ4n) is 4.89. The zero-order chi connectivity index (χ0) is 27.4. The van der Waals surface area contributed by atoms with Crippen LogP contribution < -0.4 is 10.1 Å². The summed E-state index contributed by atoms with van der Waals surface area (Å²) < 4.78 is 24.1. The molecular weight excluding hydrogens is 491 g/mol. The van der Waals surface area contributed by atoms with E-state index in [1.165, 1.54) is 17.0 Å². The number of hydrogen-bond donors (Lipinski definition) is 1. The second-order valence-electron chi connectivity index (χ2n) is 9.39. The van der Waals surface area contributed by atoms with Gasteiger partial charge in [0.1, 0.15) is 11.6 Å². The Bertz CT molecular complexity index is 1210. The van der Waals surface area contributed by atoms with E-state index in [9.17, 15) is 18.8 Å². The number of urea groups is 1. The first-order chi connectivity index (χ1) is 18.2. The molecule has 0 spiro atoms. The van der Waals surface area contributed by atoms with Crippen molar-refractivity contribution in [1.29, 1.82) is 0 Å². The monoisotopic (exact) mass is 524 g/mol. The molecule has 1 N–H and O–H groups in total. The molecule has 9 nitrogen and oxygen atoms in total. The largest absolute Gasteiger partial charge is 0.497 e. The summed E-state index contributed by atoms with van der Waals surface area (Å²) in [5.41, 5.74) is 1.99. The van der Waals surface area contributed by atoms with Gasteiger partial charge in [-0.15, -0.1) is 0 Å². The minimum Gasteiger partial charge on any atom is -0.497 e. The number of nitrogens with zero attached hydrogens (tertiary/aromatic N) is 3. The minimum atomic E-state index is -0.774. The molecule has 2 aromatic rings. The molecule has 0 unspecified atom stereocenters. The highest BCUT2D eigenvalue weighted by atomic mass is 19.1. The van der Waals surface area contributed by atoms with E-state index in [4.69, 9.17) is 9.47 Å². The second-order valence-corrected chi connectivity index (χ2v) is 9.39. The van der Waals surface area contributed by atoms with Crippen LogP contribution in [0.3, 0.4) is 0 Å². The number of nitrogens with one attached hydrogen (secondary N) is 1. The smallest absolute Gasteiger partial charge is 0.338 e. The van der Waals surface area contributed by atoms with Crippen LogP contribution in [0.4, 0.5) is 9.18 Å². The van der Waals surface area contributed by atoms with Gasteiger partial charge in [0.25, 0.3) is 5.91 Å². The van der Waals surface area contributed by atoms with Gasteiger partial charge in [-0.1, -0.05) is 12.1 Å². The molecule has 2 aliphatic rings. The molecule has 0 aromatic heterocycles. The molecular formula is C28H33FN4O5. The normalized spacial score (nSPS) is 20.3. The lowest BCUT2D eigenvalue weighted by atomic mass is 9.94. The Morgan fingerprint density at radius 3 is 2.37 bits per heavy atom. The Hall–Kier alpha value is -3.92. The number of carbonyl (C=O) groups excluding carboxylic acids is 3. The number of rotatable bonds is 7. The van der Waals surface area contributed by atoms with Crippen LogP contribution in [0.1, 0.15) is 35.8 Å². The van der Waals surface area contributed by atoms with Crippen molar-refractivity contribution >= 4 is 17.9 Å². The van der Waals surface area contributed by atoms with Crippen molar-refractivity contribution in [3.63, 3.8) is 0 Å². The summed E-state index contributed by atoms with van der Waals surface area (Å²) in [6, 6.07) is 11.5. The van der Waals surface area contributed by atoms with Gasteiger partial charge in [0, 0.05) is 50.5 Å². The van der Waals surface area contributed by atoms with Gasteiger partial charge in [0.15, 0.2) is 0 Å². The highest BCUT2D eigenvalue weighted by Gasteiger charge is 2.38. The number of methoxy groups -OCH3 is 1. The zero-order valence-corrected chi connectivity index (χ0v) is 22.1. The van der Waals surface area contributed by atoms with E-state index in [-0.39, 0.29) is 24.6 Å². The first-order valence-corrected chi connectivity index (χ1v) is 12.6. The average Bonchev–Trinajstić information content (AvgIpc) is 2.91. The first-order valence-electron chi connectivity index (χ1n) is 12.6. The summed E-state index contributed by atoms with van der Waals surface area (Å²) in [5.74, 6) is -0.322. The predicted molar refractivity (Wildman–Crippen MR) is 139 cm³/mol. The molecule has 0 aliphatic carbocycles. The molecule has 38 heavy (non-hydrogen) atoms. The van der Waals surface area contributed by atoms with E-state index >= 15 is 0 Å². The Kier molecular flexibility index (Phi) is 8.31. The van der Waals surface area contributed by atoms with Crippen molar-refractivity contribution < 1.29 is 28.2 Å². The number of piperazine rings is 1. The van der Waals surface area contributed by atoms with Crippen LogP contribution in [0.5, 0.6) is 5.75 Å². The Morgan fingerprint density at radius 2 is 1.76 bits per heavy atom. The number of hydrogen-bond acceptors (Lipinski definition) is 6. The predicted octanol–water partition coefficient (Wildman–Crippen LogP) is 3.19. The number of amides is 3. The standard InChI is InChI=1S/C28H33FN4O5/c1-5-38-27(35)24-23(31(3)28(36)30-25(24)19-6-10-21(29)11-7-19)17-32-14-15-33(18(2)16-32)26(34)20-8-12-22(37-4)13-9-20/h6-13,18,25H,5,14-17H2,1-4H3,(H,30,36)/t18-,25+/m1/s1. The van der Waals surface area contributed by atoms with Crippen LogP contribution >= 0.6 is 0 Å². The van der Waals surface area contributed by atoms with E-state index < -0.39 is 17.8 Å². The topological polar surface area (TPSA) is 91.4 Å². The first kappa shape index (κ1) is 27.1. The zero-order valence-electron chi connectivity index (χ0n) is 22.1. The summed E-state index contributed by atoms with van der Waals surface area (Å²) in [6.07, 6.45) is 0. The van der Waals surface area contributed by atoms with E-state index in [0.29, 0.717) is 54.3 Å². The van der Waals surface area contributed by atoms with Crippen molar-refractivity contribution in [2.45, 2.75) is 25.9 Å². The van der Waals surface area contributed by atoms with Gasteiger partial charge in [0.05, 0.1) is 25.3 Å². The number of likely N-dealkylation sites (N-methyl/N-ethyl adjacent to an activating group) is 1. The minimum absolute atomic E-state index is 0.0585. The molecule has 2 aromatic carbocycles. The van der Waals surface area contributed by atoms with Crippen LogP contribution in [-0.4, -0.2) is 85.6 Å². The third kappa shape index (κ3) is 5.65. The van der Waals surface area contributed by atoms with Crippen molar-refractivity contribution in [3.8, 4) is 5.75 Å². The fourth-order valence-corrected chi connectivity index (χ4v) is 4.89. The van der Waals surface area contributed by atoms with Gasteiger partial charge in [0.2, 0.25) is 0 Å². The summed E-state index contributed by atoms with van der Waals surface area (Å²) >= 11 is 0. The Morgan fingerprint density at radius 1 is 1.08 bits per heavy atom. The van der Waals surface area contributed by atoms with Gasteiger partial charge >= 0.3 is 12.0 Å². The lowest BCUT2D eigenvalue weighted by Gasteiger charge is -2.42. The van der Waals surface area contributed by atoms with Gasteiger partial charge < -0.3 is 19.7 Å². The molecule has 202 valence electrons. The molecule has 10 heteroatoms. The number of carbonyl (C=O) groups is 3.